The van der Waals surface area contributed by atoms with E-state index >= 15 is 0 Å². The number of hydrogen-bond donors (Lipinski definition) is 1. The smallest absolute Gasteiger partial charge is 0.0285 e. The molecule has 2 atom stereocenters. The van der Waals surface area contributed by atoms with E-state index in [2.05, 4.69) is 30.8 Å². The predicted molar refractivity (Wildman–Crippen MR) is 77.7 cm³/mol. The molecule has 0 bridgehead atoms. The summed E-state index contributed by atoms with van der Waals surface area (Å²) in [6, 6.07) is 0.778. The molecule has 3 heteroatoms. The summed E-state index contributed by atoms with van der Waals surface area (Å²) < 4.78 is 0. The first-order valence-electron chi connectivity index (χ1n) is 7.66. The fourth-order valence-electron chi connectivity index (χ4n) is 3.88. The molecule has 2 aliphatic rings. The lowest BCUT2D eigenvalue weighted by Crippen LogP contribution is -2.55. The Morgan fingerprint density at radius 1 is 1.22 bits per heavy atom. The van der Waals surface area contributed by atoms with Crippen LogP contribution in [0.2, 0.25) is 0 Å². The number of likely N-dealkylation sites (tertiary alicyclic amines) is 1. The van der Waals surface area contributed by atoms with Crippen molar-refractivity contribution in [3.05, 3.63) is 0 Å². The summed E-state index contributed by atoms with van der Waals surface area (Å²) in [4.78, 5) is 4.98. The molecule has 1 heterocycles. The van der Waals surface area contributed by atoms with Gasteiger partial charge in [-0.2, -0.15) is 0 Å². The molecule has 0 aromatic heterocycles. The van der Waals surface area contributed by atoms with E-state index in [-0.39, 0.29) is 5.54 Å². The van der Waals surface area contributed by atoms with Gasteiger partial charge in [-0.3, -0.25) is 0 Å². The molecule has 0 aromatic carbocycles. The first-order valence-corrected chi connectivity index (χ1v) is 7.66. The molecule has 0 radical (unpaired) electrons. The maximum absolute atomic E-state index is 6.62. The minimum atomic E-state index is 0.0998. The molecule has 1 saturated carbocycles. The predicted octanol–water partition coefficient (Wildman–Crippen LogP) is 1.92. The van der Waals surface area contributed by atoms with Crippen LogP contribution in [-0.4, -0.2) is 55.1 Å². The second-order valence-electron chi connectivity index (χ2n) is 7.03. The highest BCUT2D eigenvalue weighted by molar-refractivity contribution is 4.93. The minimum absolute atomic E-state index is 0.0998. The van der Waals surface area contributed by atoms with E-state index in [1.54, 1.807) is 0 Å². The molecule has 3 nitrogen and oxygen atoms in total. The number of rotatable bonds is 3. The van der Waals surface area contributed by atoms with Gasteiger partial charge in [0.1, 0.15) is 0 Å². The van der Waals surface area contributed by atoms with Crippen molar-refractivity contribution in [2.45, 2.75) is 57.0 Å². The van der Waals surface area contributed by atoms with Crippen LogP contribution in [-0.2, 0) is 0 Å². The average Bonchev–Trinajstić information content (AvgIpc) is 2.28. The van der Waals surface area contributed by atoms with E-state index in [1.807, 2.05) is 0 Å². The first-order chi connectivity index (χ1) is 8.48. The normalized spacial score (nSPS) is 36.2. The number of nitrogens with zero attached hydrogens (tertiary/aromatic N) is 2. The summed E-state index contributed by atoms with van der Waals surface area (Å²) in [6.07, 6.45) is 7.76. The van der Waals surface area contributed by atoms with E-state index in [0.717, 1.165) is 18.5 Å². The van der Waals surface area contributed by atoms with Crippen LogP contribution in [0.5, 0.6) is 0 Å². The van der Waals surface area contributed by atoms with Gasteiger partial charge < -0.3 is 15.5 Å². The van der Waals surface area contributed by atoms with Gasteiger partial charge in [0.2, 0.25) is 0 Å². The highest BCUT2D eigenvalue weighted by atomic mass is 15.2. The topological polar surface area (TPSA) is 32.5 Å². The van der Waals surface area contributed by atoms with Gasteiger partial charge in [0.25, 0.3) is 0 Å². The maximum atomic E-state index is 6.62. The van der Waals surface area contributed by atoms with Crippen molar-refractivity contribution in [2.75, 3.05) is 33.7 Å². The Morgan fingerprint density at radius 2 is 1.89 bits per heavy atom. The zero-order valence-electron chi connectivity index (χ0n) is 12.5. The molecule has 0 amide bonds. The lowest BCUT2D eigenvalue weighted by atomic mass is 9.76. The summed E-state index contributed by atoms with van der Waals surface area (Å²) in [6.45, 7) is 5.95. The standard InChI is InChI=1S/C15H31N3/c1-13-5-4-8-15(16,11-13)12-18-9-6-14(7-10-18)17(2)3/h13-14H,4-12,16H2,1-3H3. The second-order valence-corrected chi connectivity index (χ2v) is 7.03. The quantitative estimate of drug-likeness (QED) is 0.834. The lowest BCUT2D eigenvalue weighted by molar-refractivity contribution is 0.100. The molecular formula is C15H31N3. The van der Waals surface area contributed by atoms with E-state index in [4.69, 9.17) is 5.73 Å². The Kier molecular flexibility index (Phi) is 4.68. The molecule has 1 saturated heterocycles. The van der Waals surface area contributed by atoms with Gasteiger partial charge in [-0.1, -0.05) is 19.8 Å². The van der Waals surface area contributed by atoms with Crippen molar-refractivity contribution >= 4 is 0 Å². The molecule has 2 N–H and O–H groups in total. The Bertz CT molecular complexity index is 258. The molecule has 18 heavy (non-hydrogen) atoms. The molecule has 0 aromatic rings. The van der Waals surface area contributed by atoms with E-state index < -0.39 is 0 Å². The third-order valence-electron chi connectivity index (χ3n) is 4.95. The van der Waals surface area contributed by atoms with Gasteiger partial charge >= 0.3 is 0 Å². The van der Waals surface area contributed by atoms with Crippen molar-refractivity contribution in [3.63, 3.8) is 0 Å². The number of piperidine rings is 1. The van der Waals surface area contributed by atoms with Gasteiger partial charge in [-0.15, -0.1) is 0 Å². The van der Waals surface area contributed by atoms with Crippen molar-refractivity contribution in [1.82, 2.24) is 9.80 Å². The van der Waals surface area contributed by atoms with Gasteiger partial charge in [0.05, 0.1) is 0 Å². The third kappa shape index (κ3) is 3.69. The average molecular weight is 253 g/mol. The molecule has 1 aliphatic carbocycles. The molecule has 2 unspecified atom stereocenters. The zero-order chi connectivity index (χ0) is 13.2. The fourth-order valence-corrected chi connectivity index (χ4v) is 3.88. The molecule has 0 spiro atoms. The van der Waals surface area contributed by atoms with Crippen LogP contribution in [0.3, 0.4) is 0 Å². The van der Waals surface area contributed by atoms with Gasteiger partial charge in [0.15, 0.2) is 0 Å². The molecular weight excluding hydrogens is 222 g/mol. The molecule has 106 valence electrons. The van der Waals surface area contributed by atoms with E-state index in [1.165, 1.54) is 51.6 Å². The van der Waals surface area contributed by atoms with Crippen LogP contribution in [0.4, 0.5) is 0 Å². The van der Waals surface area contributed by atoms with E-state index in [0.29, 0.717) is 0 Å². The van der Waals surface area contributed by atoms with Crippen LogP contribution in [0.25, 0.3) is 0 Å². The summed E-state index contributed by atoms with van der Waals surface area (Å²) in [5, 5.41) is 0. The number of nitrogens with two attached hydrogens (primary N) is 1. The van der Waals surface area contributed by atoms with Crippen molar-refractivity contribution in [3.8, 4) is 0 Å². The van der Waals surface area contributed by atoms with Gasteiger partial charge in [-0.25, -0.2) is 0 Å². The van der Waals surface area contributed by atoms with Gasteiger partial charge in [0, 0.05) is 18.1 Å². The molecule has 2 rings (SSSR count). The van der Waals surface area contributed by atoms with Crippen molar-refractivity contribution < 1.29 is 0 Å². The Hall–Kier alpha value is -0.120. The third-order valence-corrected chi connectivity index (χ3v) is 4.95. The molecule has 2 fully saturated rings. The lowest BCUT2D eigenvalue weighted by Gasteiger charge is -2.43. The van der Waals surface area contributed by atoms with Gasteiger partial charge in [-0.05, 0) is 58.8 Å². The summed E-state index contributed by atoms with van der Waals surface area (Å²) in [7, 11) is 4.40. The fraction of sp³-hybridized carbons (Fsp3) is 1.00. The summed E-state index contributed by atoms with van der Waals surface area (Å²) >= 11 is 0. The second kappa shape index (κ2) is 5.89. The Labute approximate surface area is 113 Å². The summed E-state index contributed by atoms with van der Waals surface area (Å²) in [5.41, 5.74) is 6.72. The number of hydrogen-bond acceptors (Lipinski definition) is 3. The zero-order valence-corrected chi connectivity index (χ0v) is 12.5. The molecule has 1 aliphatic heterocycles. The SMILES string of the molecule is CC1CCCC(N)(CN2CCC(N(C)C)CC2)C1. The maximum Gasteiger partial charge on any atom is 0.0285 e. The minimum Gasteiger partial charge on any atom is -0.324 e. The van der Waals surface area contributed by atoms with Crippen LogP contribution in [0.15, 0.2) is 0 Å². The largest absolute Gasteiger partial charge is 0.324 e. The highest BCUT2D eigenvalue weighted by Gasteiger charge is 2.33. The first kappa shape index (κ1) is 14.3. The van der Waals surface area contributed by atoms with Crippen LogP contribution in [0, 0.1) is 5.92 Å². The summed E-state index contributed by atoms with van der Waals surface area (Å²) in [5.74, 6) is 0.822. The van der Waals surface area contributed by atoms with Crippen LogP contribution >= 0.6 is 0 Å². The Morgan fingerprint density at radius 3 is 2.44 bits per heavy atom. The van der Waals surface area contributed by atoms with Crippen molar-refractivity contribution in [2.24, 2.45) is 11.7 Å². The van der Waals surface area contributed by atoms with E-state index in [9.17, 15) is 0 Å². The van der Waals surface area contributed by atoms with Crippen LogP contribution < -0.4 is 5.73 Å². The monoisotopic (exact) mass is 253 g/mol. The van der Waals surface area contributed by atoms with Crippen molar-refractivity contribution in [1.29, 1.82) is 0 Å². The highest BCUT2D eigenvalue weighted by Crippen LogP contribution is 2.31. The van der Waals surface area contributed by atoms with Crippen LogP contribution in [0.1, 0.15) is 45.4 Å². The Balaban J connectivity index is 1.80.